The number of ether oxygens (including phenoxy) is 1. The molecule has 1 aliphatic rings. The quantitative estimate of drug-likeness (QED) is 0.765. The van der Waals surface area contributed by atoms with Crippen molar-refractivity contribution in [3.63, 3.8) is 0 Å². The van der Waals surface area contributed by atoms with Crippen LogP contribution in [0.3, 0.4) is 0 Å². The highest BCUT2D eigenvalue weighted by atomic mass is 32.2. The first-order valence-electron chi connectivity index (χ1n) is 8.96. The summed E-state index contributed by atoms with van der Waals surface area (Å²) in [5, 5.41) is 2.76. The Morgan fingerprint density at radius 2 is 1.82 bits per heavy atom. The third kappa shape index (κ3) is 3.91. The molecule has 1 atom stereocenters. The zero-order chi connectivity index (χ0) is 20.7. The molecule has 3 rings (SSSR count). The van der Waals surface area contributed by atoms with Gasteiger partial charge in [0.15, 0.2) is 0 Å². The Morgan fingerprint density at radius 1 is 1.18 bits per heavy atom. The number of nitrogen functional groups attached to an aromatic ring is 1. The second kappa shape index (κ2) is 7.01. The highest BCUT2D eigenvalue weighted by Crippen LogP contribution is 2.42. The van der Waals surface area contributed by atoms with E-state index >= 15 is 0 Å². The van der Waals surface area contributed by atoms with Crippen LogP contribution in [0.4, 0.5) is 16.2 Å². The monoisotopic (exact) mass is 403 g/mol. The van der Waals surface area contributed by atoms with Gasteiger partial charge in [-0.05, 0) is 45.9 Å². The normalized spacial score (nSPS) is 16.6. The molecule has 2 aromatic carbocycles. The van der Waals surface area contributed by atoms with Crippen molar-refractivity contribution in [1.82, 2.24) is 5.32 Å². The van der Waals surface area contributed by atoms with Crippen molar-refractivity contribution in [3.05, 3.63) is 53.6 Å². The average molecular weight is 404 g/mol. The largest absolute Gasteiger partial charge is 0.444 e. The number of alkyl carbamates (subject to hydrolysis) is 1. The van der Waals surface area contributed by atoms with E-state index in [1.54, 1.807) is 63.2 Å². The molecule has 0 fully saturated rings. The molecule has 0 aliphatic carbocycles. The Balaban J connectivity index is 1.97. The minimum absolute atomic E-state index is 0.0407. The van der Waals surface area contributed by atoms with Gasteiger partial charge in [0.1, 0.15) is 5.60 Å². The molecule has 3 N–H and O–H groups in total. The molecule has 0 spiro atoms. The van der Waals surface area contributed by atoms with E-state index in [0.717, 1.165) is 5.56 Å². The predicted octanol–water partition coefficient (Wildman–Crippen LogP) is 3.35. The van der Waals surface area contributed by atoms with Crippen LogP contribution in [0.5, 0.6) is 0 Å². The molecule has 8 heteroatoms. The van der Waals surface area contributed by atoms with Crippen LogP contribution in [0.1, 0.15) is 37.9 Å². The van der Waals surface area contributed by atoms with Crippen molar-refractivity contribution in [2.75, 3.05) is 16.6 Å². The third-order valence-corrected chi connectivity index (χ3v) is 6.15. The van der Waals surface area contributed by atoms with Gasteiger partial charge in [-0.1, -0.05) is 29.8 Å². The van der Waals surface area contributed by atoms with E-state index in [1.165, 1.54) is 4.31 Å². The van der Waals surface area contributed by atoms with Gasteiger partial charge in [-0.2, -0.15) is 0 Å². The van der Waals surface area contributed by atoms with Crippen molar-refractivity contribution in [2.45, 2.75) is 44.2 Å². The Morgan fingerprint density at radius 3 is 2.43 bits per heavy atom. The lowest BCUT2D eigenvalue weighted by Gasteiger charge is -2.23. The Kier molecular flexibility index (Phi) is 5.01. The van der Waals surface area contributed by atoms with E-state index in [1.807, 2.05) is 6.92 Å². The molecule has 1 amide bonds. The maximum atomic E-state index is 13.2. The number of para-hydroxylation sites is 1. The van der Waals surface area contributed by atoms with Crippen LogP contribution in [-0.4, -0.2) is 26.7 Å². The van der Waals surface area contributed by atoms with E-state index in [9.17, 15) is 13.2 Å². The van der Waals surface area contributed by atoms with Gasteiger partial charge in [0, 0.05) is 5.56 Å². The first-order chi connectivity index (χ1) is 13.0. The fourth-order valence-electron chi connectivity index (χ4n) is 3.13. The van der Waals surface area contributed by atoms with E-state index in [-0.39, 0.29) is 11.4 Å². The number of nitrogens with two attached hydrogens (primary N) is 1. The second-order valence-electron chi connectivity index (χ2n) is 7.83. The van der Waals surface area contributed by atoms with Gasteiger partial charge in [0.2, 0.25) is 0 Å². The van der Waals surface area contributed by atoms with Crippen LogP contribution in [-0.2, 0) is 14.8 Å². The number of amides is 1. The number of carbonyl (C=O) groups is 1. The van der Waals surface area contributed by atoms with Crippen molar-refractivity contribution < 1.29 is 17.9 Å². The second-order valence-corrected chi connectivity index (χ2v) is 9.70. The first kappa shape index (κ1) is 20.0. The number of carbonyl (C=O) groups excluding carboxylic acids is 1. The van der Waals surface area contributed by atoms with E-state index in [4.69, 9.17) is 10.5 Å². The number of hydrogen-bond donors (Lipinski definition) is 2. The van der Waals surface area contributed by atoms with Crippen LogP contribution >= 0.6 is 0 Å². The summed E-state index contributed by atoms with van der Waals surface area (Å²) in [5.74, 6) is 0. The summed E-state index contributed by atoms with van der Waals surface area (Å²) < 4.78 is 33.1. The first-order valence-corrected chi connectivity index (χ1v) is 10.4. The molecule has 0 radical (unpaired) electrons. The molecule has 2 aromatic rings. The number of benzene rings is 2. The Labute approximate surface area is 165 Å². The average Bonchev–Trinajstić information content (AvgIpc) is 2.94. The van der Waals surface area contributed by atoms with Gasteiger partial charge in [-0.3, -0.25) is 4.31 Å². The van der Waals surface area contributed by atoms with E-state index < -0.39 is 27.8 Å². The lowest BCUT2D eigenvalue weighted by atomic mass is 10.1. The highest BCUT2D eigenvalue weighted by molar-refractivity contribution is 7.92. The number of sulfonamides is 1. The summed E-state index contributed by atoms with van der Waals surface area (Å²) in [5.41, 5.74) is 7.78. The number of nitrogens with zero attached hydrogens (tertiary/aromatic N) is 1. The van der Waals surface area contributed by atoms with Gasteiger partial charge in [0.05, 0.1) is 28.9 Å². The molecule has 0 saturated carbocycles. The molecule has 1 aliphatic heterocycles. The van der Waals surface area contributed by atoms with E-state index in [0.29, 0.717) is 16.9 Å². The molecule has 1 heterocycles. The number of hydrogen-bond acceptors (Lipinski definition) is 5. The van der Waals surface area contributed by atoms with Crippen LogP contribution in [0.25, 0.3) is 0 Å². The standard InChI is InChI=1S/C20H25N3O4S/c1-13-8-10-14(11-9-13)28(25,26)23-12-17(22-19(24)27-20(2,3)4)15-6-5-7-16(21)18(15)23/h5-11,17H,12,21H2,1-4H3,(H,22,24). The molecular weight excluding hydrogens is 378 g/mol. The maximum absolute atomic E-state index is 13.2. The maximum Gasteiger partial charge on any atom is 0.408 e. The molecule has 0 saturated heterocycles. The molecule has 0 bridgehead atoms. The number of anilines is 2. The van der Waals surface area contributed by atoms with Crippen LogP contribution in [0.2, 0.25) is 0 Å². The number of fused-ring (bicyclic) bond motifs is 1. The SMILES string of the molecule is Cc1ccc(S(=O)(=O)N2CC(NC(=O)OC(C)(C)C)c3cccc(N)c32)cc1. The van der Waals surface area contributed by atoms with Gasteiger partial charge >= 0.3 is 6.09 Å². The van der Waals surface area contributed by atoms with Crippen molar-refractivity contribution >= 4 is 27.5 Å². The minimum Gasteiger partial charge on any atom is -0.444 e. The summed E-state index contributed by atoms with van der Waals surface area (Å²) in [7, 11) is -3.83. The summed E-state index contributed by atoms with van der Waals surface area (Å²) in [6, 6.07) is 11.2. The zero-order valence-corrected chi connectivity index (χ0v) is 17.2. The summed E-state index contributed by atoms with van der Waals surface area (Å²) >= 11 is 0. The van der Waals surface area contributed by atoms with Crippen LogP contribution in [0, 0.1) is 6.92 Å². The van der Waals surface area contributed by atoms with Crippen LogP contribution in [0.15, 0.2) is 47.4 Å². The zero-order valence-electron chi connectivity index (χ0n) is 16.4. The predicted molar refractivity (Wildman–Crippen MR) is 109 cm³/mol. The van der Waals surface area contributed by atoms with E-state index in [2.05, 4.69) is 5.32 Å². The fourth-order valence-corrected chi connectivity index (χ4v) is 4.66. The van der Waals surface area contributed by atoms with Crippen molar-refractivity contribution in [3.8, 4) is 0 Å². The van der Waals surface area contributed by atoms with Gasteiger partial charge in [-0.15, -0.1) is 0 Å². The van der Waals surface area contributed by atoms with Gasteiger partial charge in [-0.25, -0.2) is 13.2 Å². The Hall–Kier alpha value is -2.74. The fraction of sp³-hybridized carbons (Fsp3) is 0.350. The number of aryl methyl sites for hydroxylation is 1. The third-order valence-electron chi connectivity index (χ3n) is 4.37. The van der Waals surface area contributed by atoms with Crippen molar-refractivity contribution in [1.29, 1.82) is 0 Å². The van der Waals surface area contributed by atoms with Gasteiger partial charge in [0.25, 0.3) is 10.0 Å². The molecule has 7 nitrogen and oxygen atoms in total. The van der Waals surface area contributed by atoms with Crippen LogP contribution < -0.4 is 15.4 Å². The number of nitrogens with one attached hydrogen (secondary N) is 1. The molecule has 150 valence electrons. The van der Waals surface area contributed by atoms with Crippen molar-refractivity contribution in [2.24, 2.45) is 0 Å². The lowest BCUT2D eigenvalue weighted by molar-refractivity contribution is 0.0507. The molecule has 1 unspecified atom stereocenters. The highest BCUT2D eigenvalue weighted by Gasteiger charge is 2.39. The smallest absolute Gasteiger partial charge is 0.408 e. The summed E-state index contributed by atoms with van der Waals surface area (Å²) in [6.07, 6.45) is -0.611. The lowest BCUT2D eigenvalue weighted by Crippen LogP contribution is -2.38. The molecule has 0 aromatic heterocycles. The minimum atomic E-state index is -3.83. The topological polar surface area (TPSA) is 102 Å². The van der Waals surface area contributed by atoms with Gasteiger partial charge < -0.3 is 15.8 Å². The Bertz CT molecular complexity index is 995. The molecular formula is C20H25N3O4S. The summed E-state index contributed by atoms with van der Waals surface area (Å²) in [4.78, 5) is 12.4. The number of rotatable bonds is 3. The molecule has 28 heavy (non-hydrogen) atoms. The summed E-state index contributed by atoms with van der Waals surface area (Å²) in [6.45, 7) is 7.23.